The van der Waals surface area contributed by atoms with Crippen LogP contribution in [0.3, 0.4) is 0 Å². The number of aliphatic hydroxyl groups excluding tert-OH is 1. The van der Waals surface area contributed by atoms with Crippen LogP contribution in [0.5, 0.6) is 0 Å². The summed E-state index contributed by atoms with van der Waals surface area (Å²) in [4.78, 5) is 13.8. The molecule has 26 heavy (non-hydrogen) atoms. The molecule has 1 aliphatic rings. The van der Waals surface area contributed by atoms with Gasteiger partial charge in [0.25, 0.3) is 0 Å². The Morgan fingerprint density at radius 3 is 2.77 bits per heavy atom. The third-order valence-corrected chi connectivity index (χ3v) is 5.59. The number of hydrogen-bond donors (Lipinski definition) is 1. The first kappa shape index (κ1) is 17.3. The molecule has 3 heterocycles. The number of aromatic nitrogens is 4. The van der Waals surface area contributed by atoms with Crippen molar-refractivity contribution in [3.05, 3.63) is 34.1 Å². The summed E-state index contributed by atoms with van der Waals surface area (Å²) in [6.07, 6.45) is 1.85. The van der Waals surface area contributed by atoms with Crippen molar-refractivity contribution in [2.75, 3.05) is 13.2 Å². The summed E-state index contributed by atoms with van der Waals surface area (Å²) in [6.45, 7) is 2.40. The number of aryl methyl sites for hydroxylation is 1. The molecule has 1 atom stereocenters. The molecule has 0 fully saturated rings. The van der Waals surface area contributed by atoms with Crippen molar-refractivity contribution >= 4 is 40.0 Å². The Balaban J connectivity index is 2.01. The monoisotopic (exact) mass is 393 g/mol. The van der Waals surface area contributed by atoms with E-state index in [1.807, 2.05) is 30.9 Å². The maximum absolute atomic E-state index is 12.1. The van der Waals surface area contributed by atoms with Gasteiger partial charge >= 0.3 is 0 Å². The van der Waals surface area contributed by atoms with Crippen molar-refractivity contribution in [2.24, 2.45) is 7.05 Å². The van der Waals surface area contributed by atoms with Gasteiger partial charge in [0, 0.05) is 30.7 Å². The van der Waals surface area contributed by atoms with Crippen LogP contribution in [-0.2, 0) is 18.4 Å². The van der Waals surface area contributed by atoms with E-state index in [0.717, 1.165) is 22.3 Å². The summed E-state index contributed by atoms with van der Waals surface area (Å²) >= 11 is 12.8. The van der Waals surface area contributed by atoms with Crippen molar-refractivity contribution in [1.82, 2.24) is 24.5 Å². The number of rotatable bonds is 2. The molecule has 1 amide bonds. The third kappa shape index (κ3) is 2.50. The summed E-state index contributed by atoms with van der Waals surface area (Å²) in [6, 6.07) is 3.43. The third-order valence-electron chi connectivity index (χ3n) is 4.81. The lowest BCUT2D eigenvalue weighted by Gasteiger charge is -2.34. The van der Waals surface area contributed by atoms with Gasteiger partial charge in [-0.05, 0) is 19.1 Å². The topological polar surface area (TPSA) is 76.2 Å². The molecule has 0 saturated carbocycles. The van der Waals surface area contributed by atoms with E-state index in [9.17, 15) is 9.90 Å². The number of benzene rings is 1. The normalized spacial score (nSPS) is 17.0. The fraction of sp³-hybridized carbons (Fsp3) is 0.353. The SMILES string of the molecule is CC1c2c3c(-c4ccn(C)n4)cc(Cl)c(Cl)c3nn2CCN1C(=O)CO. The first-order valence-corrected chi connectivity index (χ1v) is 8.96. The molecule has 0 radical (unpaired) electrons. The zero-order chi connectivity index (χ0) is 18.6. The van der Waals surface area contributed by atoms with E-state index >= 15 is 0 Å². The predicted octanol–water partition coefficient (Wildman–Crippen LogP) is 2.64. The summed E-state index contributed by atoms with van der Waals surface area (Å²) in [5.41, 5.74) is 3.04. The van der Waals surface area contributed by atoms with Crippen molar-refractivity contribution < 1.29 is 9.90 Å². The second-order valence-corrected chi connectivity index (χ2v) is 7.13. The van der Waals surface area contributed by atoms with Gasteiger partial charge in [-0.2, -0.15) is 10.2 Å². The Labute approximate surface area is 159 Å². The number of halogens is 2. The molecular weight excluding hydrogens is 377 g/mol. The van der Waals surface area contributed by atoms with Crippen molar-refractivity contribution in [3.8, 4) is 11.3 Å². The lowest BCUT2D eigenvalue weighted by Crippen LogP contribution is -2.42. The van der Waals surface area contributed by atoms with Gasteiger partial charge in [-0.1, -0.05) is 23.2 Å². The molecule has 7 nitrogen and oxygen atoms in total. The van der Waals surface area contributed by atoms with Crippen LogP contribution in [0.25, 0.3) is 22.2 Å². The Morgan fingerprint density at radius 1 is 1.35 bits per heavy atom. The Hall–Kier alpha value is -2.09. The molecular formula is C17H17Cl2N5O2. The van der Waals surface area contributed by atoms with E-state index in [1.165, 1.54) is 0 Å². The lowest BCUT2D eigenvalue weighted by molar-refractivity contribution is -0.137. The number of nitrogens with zero attached hydrogens (tertiary/aromatic N) is 5. The Morgan fingerprint density at radius 2 is 2.12 bits per heavy atom. The smallest absolute Gasteiger partial charge is 0.248 e. The zero-order valence-electron chi connectivity index (χ0n) is 14.3. The molecule has 9 heteroatoms. The summed E-state index contributed by atoms with van der Waals surface area (Å²) in [7, 11) is 1.84. The average molecular weight is 394 g/mol. The minimum Gasteiger partial charge on any atom is -0.387 e. The average Bonchev–Trinajstić information content (AvgIpc) is 3.22. The summed E-state index contributed by atoms with van der Waals surface area (Å²) in [5.74, 6) is -0.308. The van der Waals surface area contributed by atoms with Crippen LogP contribution in [0.15, 0.2) is 18.3 Å². The second-order valence-electron chi connectivity index (χ2n) is 6.35. The number of amides is 1. The van der Waals surface area contributed by atoms with Crippen LogP contribution in [0.1, 0.15) is 18.7 Å². The van der Waals surface area contributed by atoms with E-state index in [2.05, 4.69) is 10.2 Å². The predicted molar refractivity (Wildman–Crippen MR) is 99.2 cm³/mol. The minimum absolute atomic E-state index is 0.256. The fourth-order valence-corrected chi connectivity index (χ4v) is 3.99. The highest BCUT2D eigenvalue weighted by Gasteiger charge is 2.32. The first-order valence-electron chi connectivity index (χ1n) is 8.21. The number of aliphatic hydroxyl groups is 1. The van der Waals surface area contributed by atoms with Gasteiger partial charge in [-0.15, -0.1) is 0 Å². The van der Waals surface area contributed by atoms with E-state index in [0.29, 0.717) is 28.7 Å². The van der Waals surface area contributed by atoms with Gasteiger partial charge in [-0.25, -0.2) is 0 Å². The molecule has 0 aliphatic carbocycles. The van der Waals surface area contributed by atoms with E-state index in [4.69, 9.17) is 23.2 Å². The molecule has 1 unspecified atom stereocenters. The number of carbonyl (C=O) groups is 1. The van der Waals surface area contributed by atoms with Crippen LogP contribution in [0.2, 0.25) is 10.0 Å². The lowest BCUT2D eigenvalue weighted by atomic mass is 10.00. The van der Waals surface area contributed by atoms with Gasteiger partial charge in [-0.3, -0.25) is 14.2 Å². The van der Waals surface area contributed by atoms with Crippen LogP contribution < -0.4 is 0 Å². The standard InChI is InChI=1S/C17H17Cl2N5O2/c1-9-17-14-10(12-3-4-22(2)20-12)7-11(18)15(19)16(14)21-24(17)6-5-23(9)13(26)8-25/h3-4,7,9,25H,5-6,8H2,1-2H3. The molecule has 0 saturated heterocycles. The van der Waals surface area contributed by atoms with Crippen LogP contribution >= 0.6 is 23.2 Å². The molecule has 136 valence electrons. The number of hydrogen-bond acceptors (Lipinski definition) is 4. The van der Waals surface area contributed by atoms with Gasteiger partial charge in [0.2, 0.25) is 5.91 Å². The maximum atomic E-state index is 12.1. The molecule has 2 aromatic heterocycles. The molecule has 4 rings (SSSR count). The van der Waals surface area contributed by atoms with Gasteiger partial charge < -0.3 is 10.0 Å². The van der Waals surface area contributed by atoms with Crippen molar-refractivity contribution in [1.29, 1.82) is 0 Å². The van der Waals surface area contributed by atoms with Crippen molar-refractivity contribution in [2.45, 2.75) is 19.5 Å². The number of fused-ring (bicyclic) bond motifs is 3. The maximum Gasteiger partial charge on any atom is 0.248 e. The van der Waals surface area contributed by atoms with Crippen LogP contribution in [0.4, 0.5) is 0 Å². The van der Waals surface area contributed by atoms with E-state index < -0.39 is 6.61 Å². The summed E-state index contributed by atoms with van der Waals surface area (Å²) < 4.78 is 3.58. The molecule has 0 spiro atoms. The highest BCUT2D eigenvalue weighted by atomic mass is 35.5. The minimum atomic E-state index is -0.518. The van der Waals surface area contributed by atoms with E-state index in [1.54, 1.807) is 15.6 Å². The Kier molecular flexibility index (Phi) is 4.17. The highest BCUT2D eigenvalue weighted by molar-refractivity contribution is 6.45. The summed E-state index contributed by atoms with van der Waals surface area (Å²) in [5, 5.41) is 20.0. The van der Waals surface area contributed by atoms with Gasteiger partial charge in [0.1, 0.15) is 12.1 Å². The fourth-order valence-electron chi connectivity index (χ4n) is 3.60. The quantitative estimate of drug-likeness (QED) is 0.725. The van der Waals surface area contributed by atoms with Crippen LogP contribution in [0, 0.1) is 0 Å². The van der Waals surface area contributed by atoms with Crippen molar-refractivity contribution in [3.63, 3.8) is 0 Å². The Bertz CT molecular complexity index is 1030. The number of carbonyl (C=O) groups excluding carboxylic acids is 1. The second kappa shape index (κ2) is 6.26. The molecule has 1 aromatic carbocycles. The molecule has 1 aliphatic heterocycles. The van der Waals surface area contributed by atoms with E-state index in [-0.39, 0.29) is 11.9 Å². The van der Waals surface area contributed by atoms with Gasteiger partial charge in [0.15, 0.2) is 0 Å². The molecule has 3 aromatic rings. The largest absolute Gasteiger partial charge is 0.387 e. The first-order chi connectivity index (χ1) is 12.4. The molecule has 0 bridgehead atoms. The zero-order valence-corrected chi connectivity index (χ0v) is 15.8. The molecule has 1 N–H and O–H groups in total. The van der Waals surface area contributed by atoms with Gasteiger partial charge in [0.05, 0.1) is 34.0 Å². The highest BCUT2D eigenvalue weighted by Crippen LogP contribution is 2.42. The van der Waals surface area contributed by atoms with Crippen LogP contribution in [-0.4, -0.2) is 48.6 Å².